The molecule has 2 aromatic rings. The van der Waals surface area contributed by atoms with Crippen LogP contribution in [0.4, 0.5) is 0 Å². The van der Waals surface area contributed by atoms with Gasteiger partial charge in [-0.3, -0.25) is 9.69 Å². The number of carbonyl (C=O) groups excluding carboxylic acids is 1. The Bertz CT molecular complexity index is 880. The summed E-state index contributed by atoms with van der Waals surface area (Å²) in [6.07, 6.45) is 0.789. The summed E-state index contributed by atoms with van der Waals surface area (Å²) in [7, 11) is 2.17. The summed E-state index contributed by atoms with van der Waals surface area (Å²) in [5.41, 5.74) is 2.83. The number of likely N-dealkylation sites (N-methyl/N-ethyl adjacent to an activating group) is 1. The fourth-order valence-electron chi connectivity index (χ4n) is 3.67. The van der Waals surface area contributed by atoms with Crippen molar-refractivity contribution in [3.8, 4) is 11.5 Å². The number of nitrogens with zero attached hydrogens (tertiary/aromatic N) is 2. The van der Waals surface area contributed by atoms with Gasteiger partial charge in [-0.25, -0.2) is 0 Å². The Morgan fingerprint density at radius 3 is 2.50 bits per heavy atom. The Hall–Kier alpha value is -2.28. The second-order valence-electron chi connectivity index (χ2n) is 7.91. The molecular formula is C23H28ClN3O3. The third kappa shape index (κ3) is 5.25. The maximum absolute atomic E-state index is 12.6. The van der Waals surface area contributed by atoms with Crippen LogP contribution in [0.5, 0.6) is 11.5 Å². The van der Waals surface area contributed by atoms with Crippen molar-refractivity contribution >= 4 is 17.5 Å². The zero-order chi connectivity index (χ0) is 20.9. The molecule has 6 nitrogen and oxygen atoms in total. The summed E-state index contributed by atoms with van der Waals surface area (Å²) in [6, 6.07) is 11.8. The number of carbonyl (C=O) groups is 1. The lowest BCUT2D eigenvalue weighted by atomic mass is 10.1. The average Bonchev–Trinajstić information content (AvgIpc) is 3.00. The highest BCUT2D eigenvalue weighted by atomic mass is 35.5. The number of halogens is 1. The van der Waals surface area contributed by atoms with Gasteiger partial charge >= 0.3 is 0 Å². The molecule has 0 aromatic heterocycles. The summed E-state index contributed by atoms with van der Waals surface area (Å²) in [6.45, 7) is 6.98. The molecule has 0 atom stereocenters. The van der Waals surface area contributed by atoms with E-state index >= 15 is 0 Å². The van der Waals surface area contributed by atoms with Crippen molar-refractivity contribution in [2.75, 3.05) is 46.4 Å². The van der Waals surface area contributed by atoms with E-state index in [2.05, 4.69) is 46.4 Å². The highest BCUT2D eigenvalue weighted by molar-refractivity contribution is 6.32. The molecule has 7 heteroatoms. The molecule has 0 bridgehead atoms. The van der Waals surface area contributed by atoms with E-state index in [0.717, 1.165) is 44.7 Å². The predicted octanol–water partition coefficient (Wildman–Crippen LogP) is 3.18. The van der Waals surface area contributed by atoms with Gasteiger partial charge in [-0.2, -0.15) is 0 Å². The van der Waals surface area contributed by atoms with Gasteiger partial charge in [0, 0.05) is 51.3 Å². The van der Waals surface area contributed by atoms with Crippen molar-refractivity contribution in [1.29, 1.82) is 0 Å². The largest absolute Gasteiger partial charge is 0.489 e. The zero-order valence-corrected chi connectivity index (χ0v) is 18.1. The molecule has 1 saturated heterocycles. The van der Waals surface area contributed by atoms with Crippen LogP contribution >= 0.6 is 11.6 Å². The van der Waals surface area contributed by atoms with Crippen LogP contribution in [0, 0.1) is 0 Å². The van der Waals surface area contributed by atoms with E-state index in [1.165, 1.54) is 5.56 Å². The standard InChI is InChI=1S/C23H28ClN3O3/c1-26-7-9-27(10-8-26)16-18-5-3-17(4-6-18)15-25-23(28)19-13-20(24)22-21(14-19)29-11-2-12-30-22/h3-6,13-14H,2,7-12,15-16H2,1H3,(H,25,28). The first-order valence-corrected chi connectivity index (χ1v) is 10.8. The molecule has 1 amide bonds. The summed E-state index contributed by atoms with van der Waals surface area (Å²) in [5, 5.41) is 3.36. The topological polar surface area (TPSA) is 54.0 Å². The van der Waals surface area contributed by atoms with Gasteiger partial charge in [-0.1, -0.05) is 35.9 Å². The molecule has 0 spiro atoms. The fraction of sp³-hybridized carbons (Fsp3) is 0.435. The van der Waals surface area contributed by atoms with Gasteiger partial charge in [0.25, 0.3) is 5.91 Å². The number of fused-ring (bicyclic) bond motifs is 1. The fourth-order valence-corrected chi connectivity index (χ4v) is 3.94. The highest BCUT2D eigenvalue weighted by Gasteiger charge is 2.18. The minimum atomic E-state index is -0.186. The van der Waals surface area contributed by atoms with E-state index in [0.29, 0.717) is 41.8 Å². The Morgan fingerprint density at radius 2 is 1.73 bits per heavy atom. The molecule has 2 aliphatic rings. The van der Waals surface area contributed by atoms with Crippen LogP contribution in [0.25, 0.3) is 0 Å². The van der Waals surface area contributed by atoms with Gasteiger partial charge in [0.05, 0.1) is 18.2 Å². The third-order valence-corrected chi connectivity index (χ3v) is 5.82. The van der Waals surface area contributed by atoms with Crippen LogP contribution in [0.2, 0.25) is 5.02 Å². The van der Waals surface area contributed by atoms with Crippen molar-refractivity contribution in [2.45, 2.75) is 19.5 Å². The van der Waals surface area contributed by atoms with Crippen LogP contribution in [0.3, 0.4) is 0 Å². The van der Waals surface area contributed by atoms with Crippen molar-refractivity contribution in [3.05, 3.63) is 58.1 Å². The van der Waals surface area contributed by atoms with Crippen molar-refractivity contribution in [2.24, 2.45) is 0 Å². The van der Waals surface area contributed by atoms with E-state index in [1.54, 1.807) is 12.1 Å². The minimum Gasteiger partial charge on any atom is -0.489 e. The molecular weight excluding hydrogens is 402 g/mol. The number of piperazine rings is 1. The molecule has 1 fully saturated rings. The first-order chi connectivity index (χ1) is 14.6. The van der Waals surface area contributed by atoms with Crippen LogP contribution in [-0.2, 0) is 13.1 Å². The summed E-state index contributed by atoms with van der Waals surface area (Å²) in [4.78, 5) is 17.5. The van der Waals surface area contributed by atoms with Crippen LogP contribution in [-0.4, -0.2) is 62.1 Å². The van der Waals surface area contributed by atoms with Gasteiger partial charge in [0.15, 0.2) is 11.5 Å². The molecule has 0 radical (unpaired) electrons. The van der Waals surface area contributed by atoms with Gasteiger partial charge in [0.2, 0.25) is 0 Å². The monoisotopic (exact) mass is 429 g/mol. The third-order valence-electron chi connectivity index (χ3n) is 5.54. The predicted molar refractivity (Wildman–Crippen MR) is 117 cm³/mol. The lowest BCUT2D eigenvalue weighted by Crippen LogP contribution is -2.43. The number of amides is 1. The lowest BCUT2D eigenvalue weighted by Gasteiger charge is -2.32. The molecule has 0 unspecified atom stereocenters. The number of nitrogens with one attached hydrogen (secondary N) is 1. The van der Waals surface area contributed by atoms with E-state index in [1.807, 2.05) is 0 Å². The Kier molecular flexibility index (Phi) is 6.77. The van der Waals surface area contributed by atoms with Crippen molar-refractivity contribution in [3.63, 3.8) is 0 Å². The van der Waals surface area contributed by atoms with Crippen molar-refractivity contribution < 1.29 is 14.3 Å². The first kappa shape index (κ1) is 21.0. The molecule has 2 heterocycles. The maximum atomic E-state index is 12.6. The molecule has 2 aliphatic heterocycles. The molecule has 1 N–H and O–H groups in total. The van der Waals surface area contributed by atoms with E-state index in [4.69, 9.17) is 21.1 Å². The molecule has 2 aromatic carbocycles. The summed E-state index contributed by atoms with van der Waals surface area (Å²) in [5.74, 6) is 0.856. The van der Waals surface area contributed by atoms with Gasteiger partial charge in [-0.05, 0) is 30.3 Å². The Balaban J connectivity index is 1.33. The normalized spacial score (nSPS) is 17.4. The maximum Gasteiger partial charge on any atom is 0.251 e. The van der Waals surface area contributed by atoms with Gasteiger partial charge < -0.3 is 19.7 Å². The second kappa shape index (κ2) is 9.69. The Morgan fingerprint density at radius 1 is 1.03 bits per heavy atom. The summed E-state index contributed by atoms with van der Waals surface area (Å²) < 4.78 is 11.3. The van der Waals surface area contributed by atoms with Gasteiger partial charge in [0.1, 0.15) is 0 Å². The summed E-state index contributed by atoms with van der Waals surface area (Å²) >= 11 is 6.29. The minimum absolute atomic E-state index is 0.186. The lowest BCUT2D eigenvalue weighted by molar-refractivity contribution is 0.0950. The molecule has 160 valence electrons. The van der Waals surface area contributed by atoms with E-state index in [-0.39, 0.29) is 5.91 Å². The number of rotatable bonds is 5. The van der Waals surface area contributed by atoms with E-state index in [9.17, 15) is 4.79 Å². The molecule has 4 rings (SSSR count). The zero-order valence-electron chi connectivity index (χ0n) is 17.3. The van der Waals surface area contributed by atoms with Gasteiger partial charge in [-0.15, -0.1) is 0 Å². The number of hydrogen-bond donors (Lipinski definition) is 1. The molecule has 30 heavy (non-hydrogen) atoms. The van der Waals surface area contributed by atoms with Crippen molar-refractivity contribution in [1.82, 2.24) is 15.1 Å². The average molecular weight is 430 g/mol. The molecule has 0 saturated carbocycles. The SMILES string of the molecule is CN1CCN(Cc2ccc(CNC(=O)c3cc(Cl)c4c(c3)OCCCO4)cc2)CC1. The Labute approximate surface area is 182 Å². The highest BCUT2D eigenvalue weighted by Crippen LogP contribution is 2.37. The number of ether oxygens (including phenoxy) is 2. The van der Waals surface area contributed by atoms with Crippen LogP contribution < -0.4 is 14.8 Å². The smallest absolute Gasteiger partial charge is 0.251 e. The molecule has 0 aliphatic carbocycles. The van der Waals surface area contributed by atoms with E-state index < -0.39 is 0 Å². The second-order valence-corrected chi connectivity index (χ2v) is 8.32. The van der Waals surface area contributed by atoms with Crippen LogP contribution in [0.15, 0.2) is 36.4 Å². The number of benzene rings is 2. The first-order valence-electron chi connectivity index (χ1n) is 10.4. The number of hydrogen-bond acceptors (Lipinski definition) is 5. The quantitative estimate of drug-likeness (QED) is 0.791. The van der Waals surface area contributed by atoms with Crippen LogP contribution in [0.1, 0.15) is 27.9 Å².